The van der Waals surface area contributed by atoms with E-state index in [1.165, 1.54) is 77.2 Å². The van der Waals surface area contributed by atoms with Crippen molar-refractivity contribution >= 4 is 29.8 Å². The number of halogens is 1. The summed E-state index contributed by atoms with van der Waals surface area (Å²) in [5.41, 5.74) is 1.17. The van der Waals surface area contributed by atoms with Gasteiger partial charge in [0.05, 0.1) is 11.9 Å². The highest BCUT2D eigenvalue weighted by molar-refractivity contribution is 5.91. The molecule has 1 unspecified atom stereocenters. The zero-order valence-corrected chi connectivity index (χ0v) is 23.5. The molecule has 1 aromatic heterocycles. The number of nitrogens with zero attached hydrogens (tertiary/aromatic N) is 4. The van der Waals surface area contributed by atoms with E-state index in [2.05, 4.69) is 48.6 Å². The Hall–Kier alpha value is -1.45. The normalized spacial score (nSPS) is 25.5. The SMILES string of the molecule is CC1CN(CC2CCNCC2)CCN1CC1CCN(c2ccc(NC(=O)C3CCNCC3)nc2)CC1.Cl. The van der Waals surface area contributed by atoms with Gasteiger partial charge in [0.25, 0.3) is 0 Å². The van der Waals surface area contributed by atoms with Gasteiger partial charge in [-0.25, -0.2) is 4.98 Å². The van der Waals surface area contributed by atoms with E-state index in [4.69, 9.17) is 0 Å². The quantitative estimate of drug-likeness (QED) is 0.497. The molecule has 4 saturated heterocycles. The third kappa shape index (κ3) is 8.02. The molecule has 0 aromatic carbocycles. The fourth-order valence-corrected chi connectivity index (χ4v) is 6.60. The van der Waals surface area contributed by atoms with Crippen molar-refractivity contribution in [1.82, 2.24) is 25.4 Å². The maximum absolute atomic E-state index is 12.5. The molecule has 37 heavy (non-hydrogen) atoms. The number of hydrogen-bond acceptors (Lipinski definition) is 7. The van der Waals surface area contributed by atoms with Gasteiger partial charge in [-0.1, -0.05) is 0 Å². The smallest absolute Gasteiger partial charge is 0.228 e. The summed E-state index contributed by atoms with van der Waals surface area (Å²) in [6, 6.07) is 4.75. The number of piperidine rings is 3. The fraction of sp³-hybridized carbons (Fsp3) is 0.786. The van der Waals surface area contributed by atoms with Crippen LogP contribution in [0.5, 0.6) is 0 Å². The van der Waals surface area contributed by atoms with Gasteiger partial charge in [-0.15, -0.1) is 12.4 Å². The number of rotatable bonds is 7. The molecule has 0 saturated carbocycles. The summed E-state index contributed by atoms with van der Waals surface area (Å²) in [5.74, 6) is 2.57. The van der Waals surface area contributed by atoms with Crippen molar-refractivity contribution in [2.45, 2.75) is 51.5 Å². The molecule has 4 fully saturated rings. The lowest BCUT2D eigenvalue weighted by atomic mass is 9.94. The molecule has 4 aliphatic heterocycles. The molecule has 1 atom stereocenters. The van der Waals surface area contributed by atoms with Gasteiger partial charge in [-0.2, -0.15) is 0 Å². The molecule has 8 nitrogen and oxygen atoms in total. The largest absolute Gasteiger partial charge is 0.370 e. The lowest BCUT2D eigenvalue weighted by molar-refractivity contribution is -0.120. The molecular formula is C28H48ClN7O. The summed E-state index contributed by atoms with van der Waals surface area (Å²) < 4.78 is 0. The predicted octanol–water partition coefficient (Wildman–Crippen LogP) is 2.66. The fourth-order valence-electron chi connectivity index (χ4n) is 6.60. The highest BCUT2D eigenvalue weighted by Crippen LogP contribution is 2.26. The van der Waals surface area contributed by atoms with Crippen LogP contribution >= 0.6 is 12.4 Å². The summed E-state index contributed by atoms with van der Waals surface area (Å²) >= 11 is 0. The van der Waals surface area contributed by atoms with Crippen LogP contribution in [0.1, 0.15) is 45.4 Å². The molecule has 5 rings (SSSR count). The Balaban J connectivity index is 0.00000320. The van der Waals surface area contributed by atoms with Crippen molar-refractivity contribution in [3.05, 3.63) is 18.3 Å². The highest BCUT2D eigenvalue weighted by Gasteiger charge is 2.29. The topological polar surface area (TPSA) is 75.8 Å². The maximum Gasteiger partial charge on any atom is 0.228 e. The first-order valence-corrected chi connectivity index (χ1v) is 14.5. The molecule has 1 amide bonds. The first-order chi connectivity index (χ1) is 17.6. The van der Waals surface area contributed by atoms with Crippen molar-refractivity contribution in [1.29, 1.82) is 0 Å². The average Bonchev–Trinajstić information content (AvgIpc) is 2.92. The summed E-state index contributed by atoms with van der Waals surface area (Å²) in [6.07, 6.45) is 8.93. The second-order valence-electron chi connectivity index (χ2n) is 11.6. The van der Waals surface area contributed by atoms with E-state index in [1.807, 2.05) is 12.3 Å². The van der Waals surface area contributed by atoms with E-state index in [0.29, 0.717) is 11.9 Å². The molecule has 208 valence electrons. The number of nitrogens with one attached hydrogen (secondary N) is 3. The lowest BCUT2D eigenvalue weighted by Gasteiger charge is -2.44. The molecule has 1 aromatic rings. The second-order valence-corrected chi connectivity index (χ2v) is 11.6. The zero-order chi connectivity index (χ0) is 24.7. The van der Waals surface area contributed by atoms with Gasteiger partial charge < -0.3 is 25.8 Å². The van der Waals surface area contributed by atoms with Crippen LogP contribution in [0.4, 0.5) is 11.5 Å². The number of piperazine rings is 1. The first kappa shape index (κ1) is 28.6. The van der Waals surface area contributed by atoms with Crippen LogP contribution in [-0.4, -0.2) is 98.7 Å². The monoisotopic (exact) mass is 533 g/mol. The minimum atomic E-state index is 0. The lowest BCUT2D eigenvalue weighted by Crippen LogP contribution is -2.54. The van der Waals surface area contributed by atoms with Gasteiger partial charge in [-0.05, 0) is 95.6 Å². The average molecular weight is 534 g/mol. The maximum atomic E-state index is 12.5. The zero-order valence-electron chi connectivity index (χ0n) is 22.7. The van der Waals surface area contributed by atoms with Crippen LogP contribution in [-0.2, 0) is 4.79 Å². The third-order valence-electron chi connectivity index (χ3n) is 9.01. The highest BCUT2D eigenvalue weighted by atomic mass is 35.5. The molecule has 0 spiro atoms. The van der Waals surface area contributed by atoms with E-state index >= 15 is 0 Å². The van der Waals surface area contributed by atoms with Crippen LogP contribution in [0.25, 0.3) is 0 Å². The van der Waals surface area contributed by atoms with Gasteiger partial charge in [0.1, 0.15) is 5.82 Å². The van der Waals surface area contributed by atoms with Crippen molar-refractivity contribution in [3.8, 4) is 0 Å². The number of hydrogen-bond donors (Lipinski definition) is 3. The van der Waals surface area contributed by atoms with Crippen LogP contribution < -0.4 is 20.9 Å². The van der Waals surface area contributed by atoms with Crippen LogP contribution in [0.2, 0.25) is 0 Å². The summed E-state index contributed by atoms with van der Waals surface area (Å²) in [4.78, 5) is 25.0. The molecule has 9 heteroatoms. The number of pyridine rings is 1. The summed E-state index contributed by atoms with van der Waals surface area (Å²) in [6.45, 7) is 15.1. The van der Waals surface area contributed by atoms with Gasteiger partial charge in [0.15, 0.2) is 0 Å². The second kappa shape index (κ2) is 14.1. The van der Waals surface area contributed by atoms with Gasteiger partial charge in [-0.3, -0.25) is 9.69 Å². The van der Waals surface area contributed by atoms with Gasteiger partial charge in [0, 0.05) is 57.8 Å². The minimum Gasteiger partial charge on any atom is -0.370 e. The van der Waals surface area contributed by atoms with E-state index in [-0.39, 0.29) is 24.2 Å². The number of anilines is 2. The van der Waals surface area contributed by atoms with Crippen LogP contribution in [0.15, 0.2) is 18.3 Å². The molecule has 5 heterocycles. The Morgan fingerprint density at radius 1 is 0.919 bits per heavy atom. The Labute approximate surface area is 229 Å². The van der Waals surface area contributed by atoms with Crippen LogP contribution in [0, 0.1) is 17.8 Å². The number of amides is 1. The molecule has 0 aliphatic carbocycles. The predicted molar refractivity (Wildman–Crippen MR) is 154 cm³/mol. The Morgan fingerprint density at radius 2 is 1.59 bits per heavy atom. The first-order valence-electron chi connectivity index (χ1n) is 14.5. The molecule has 4 aliphatic rings. The summed E-state index contributed by atoms with van der Waals surface area (Å²) in [7, 11) is 0. The summed E-state index contributed by atoms with van der Waals surface area (Å²) in [5, 5.41) is 9.83. The Kier molecular flexibility index (Phi) is 10.9. The van der Waals surface area contributed by atoms with Crippen molar-refractivity contribution in [3.63, 3.8) is 0 Å². The van der Waals surface area contributed by atoms with E-state index in [0.717, 1.165) is 50.9 Å². The number of carbonyl (C=O) groups excluding carboxylic acids is 1. The number of aromatic nitrogens is 1. The minimum absolute atomic E-state index is 0. The van der Waals surface area contributed by atoms with Crippen molar-refractivity contribution < 1.29 is 4.79 Å². The Morgan fingerprint density at radius 3 is 2.24 bits per heavy atom. The Bertz CT molecular complexity index is 820. The van der Waals surface area contributed by atoms with Gasteiger partial charge in [0.2, 0.25) is 5.91 Å². The van der Waals surface area contributed by atoms with Crippen molar-refractivity contribution in [2.75, 3.05) is 82.2 Å². The molecule has 0 bridgehead atoms. The standard InChI is InChI=1S/C28H47N7O.ClH/c1-22-19-33(20-23-4-10-29-11-5-23)16-17-35(22)21-24-8-14-34(15-9-24)26-2-3-27(31-18-26)32-28(36)25-6-12-30-13-7-25;/h2-3,18,22-25,29-30H,4-17,19-21H2,1H3,(H,31,32,36);1H. The van der Waals surface area contributed by atoms with E-state index in [9.17, 15) is 4.79 Å². The third-order valence-corrected chi connectivity index (χ3v) is 9.01. The van der Waals surface area contributed by atoms with Gasteiger partial charge >= 0.3 is 0 Å². The van der Waals surface area contributed by atoms with Crippen molar-refractivity contribution in [2.24, 2.45) is 17.8 Å². The molecule has 3 N–H and O–H groups in total. The number of carbonyl (C=O) groups is 1. The molecular weight excluding hydrogens is 486 g/mol. The van der Waals surface area contributed by atoms with E-state index < -0.39 is 0 Å². The van der Waals surface area contributed by atoms with Crippen LogP contribution in [0.3, 0.4) is 0 Å². The van der Waals surface area contributed by atoms with E-state index in [1.54, 1.807) is 0 Å². The molecule has 0 radical (unpaired) electrons.